The molecule has 5 heterocycles. The lowest BCUT2D eigenvalue weighted by Gasteiger charge is -2.48. The van der Waals surface area contributed by atoms with Gasteiger partial charge in [-0.05, 0) is 63.7 Å². The Morgan fingerprint density at radius 1 is 0.683 bits per heavy atom. The molecule has 1 fully saturated rings. The van der Waals surface area contributed by atoms with Gasteiger partial charge >= 0.3 is 29.8 Å². The predicted molar refractivity (Wildman–Crippen MR) is 231 cm³/mol. The molecule has 5 aliphatic rings. The molecule has 1 saturated heterocycles. The summed E-state index contributed by atoms with van der Waals surface area (Å²) >= 11 is 0. The lowest BCUT2D eigenvalue weighted by atomic mass is 9.55. The van der Waals surface area contributed by atoms with Crippen LogP contribution in [0.25, 0.3) is 0 Å². The Hall–Kier alpha value is -5.68. The maximum atomic E-state index is 13.3. The molecule has 0 spiro atoms. The number of fused-ring (bicyclic) bond motifs is 6. The minimum atomic E-state index is -1.52. The lowest BCUT2D eigenvalue weighted by molar-refractivity contribution is -0.140. The molecule has 0 aromatic rings. The zero-order valence-corrected chi connectivity index (χ0v) is 37.3. The number of carboxylic acid groups (broad SMARTS) is 5. The summed E-state index contributed by atoms with van der Waals surface area (Å²) in [5, 5.41) is 54.2. The van der Waals surface area contributed by atoms with Crippen LogP contribution in [-0.4, -0.2) is 95.9 Å². The second-order valence-corrected chi connectivity index (χ2v) is 19.6. The van der Waals surface area contributed by atoms with Gasteiger partial charge in [-0.1, -0.05) is 34.6 Å². The summed E-state index contributed by atoms with van der Waals surface area (Å²) in [6, 6.07) is -1.07. The molecule has 0 aromatic heterocycles. The second-order valence-electron chi connectivity index (χ2n) is 19.6. The number of nitrogens with one attached hydrogen (secondary N) is 1. The van der Waals surface area contributed by atoms with Crippen LogP contribution in [0.3, 0.4) is 0 Å². The quantitative estimate of drug-likeness (QED) is 0.0925. The first-order valence-electron chi connectivity index (χ1n) is 21.4. The van der Waals surface area contributed by atoms with Gasteiger partial charge in [0.1, 0.15) is 0 Å². The first-order valence-corrected chi connectivity index (χ1v) is 21.4. The van der Waals surface area contributed by atoms with Crippen LogP contribution in [0.1, 0.15) is 126 Å². The van der Waals surface area contributed by atoms with E-state index in [1.54, 1.807) is 47.6 Å². The number of nitrogens with two attached hydrogens (primary N) is 2. The minimum absolute atomic E-state index is 0.0433. The van der Waals surface area contributed by atoms with E-state index in [4.69, 9.17) is 26.4 Å². The molecular formula is C45H62N6O12. The number of rotatable bonds is 18. The topological polar surface area (TPSA) is 322 Å². The van der Waals surface area contributed by atoms with Crippen LogP contribution in [0.2, 0.25) is 0 Å². The van der Waals surface area contributed by atoms with Crippen LogP contribution in [-0.2, 0) is 33.6 Å². The summed E-state index contributed by atoms with van der Waals surface area (Å²) < 4.78 is 0. The minimum Gasteiger partial charge on any atom is -0.481 e. The predicted octanol–water partition coefficient (Wildman–Crippen LogP) is 4.72. The van der Waals surface area contributed by atoms with Crippen molar-refractivity contribution < 1.29 is 59.1 Å². The standard InChI is InChI=1S/C45H62N6O12/c1-21-36-24(10-13-32(56)57)41(3,4)28(49-36)18-27-23(9-12-31(54)55)43(6,19-29(46)52)39(48-27)22(2)37-25(11-14-33(58)59)44(7,20-30(47)53)45(8,51-37)40-26(17-35(62)63)42(5,38(21)50-40)16-15-34(60)61/h18,23-26,40,48H,9-17,19-20H2,1-8H3,(H2,46,52)(H2,47,53)(H,54,55)(H,56,57)(H,58,59)(H,60,61)(H,62,63)/b27-18?,36-21?,39-22-. The third-order valence-corrected chi connectivity index (χ3v) is 15.3. The molecule has 0 aromatic carbocycles. The van der Waals surface area contributed by atoms with Gasteiger partial charge in [0.2, 0.25) is 11.8 Å². The Bertz CT molecular complexity index is 2220. The summed E-state index contributed by atoms with van der Waals surface area (Å²) in [4.78, 5) is 104. The third kappa shape index (κ3) is 8.56. The number of carbonyl (C=O) groups excluding carboxylic acids is 2. The van der Waals surface area contributed by atoms with Crippen LogP contribution >= 0.6 is 0 Å². The Morgan fingerprint density at radius 3 is 1.71 bits per heavy atom. The molecular weight excluding hydrogens is 817 g/mol. The largest absolute Gasteiger partial charge is 0.481 e. The van der Waals surface area contributed by atoms with Crippen LogP contribution in [0.5, 0.6) is 0 Å². The highest BCUT2D eigenvalue weighted by Crippen LogP contribution is 2.62. The highest BCUT2D eigenvalue weighted by atomic mass is 16.4. The Labute approximate surface area is 366 Å². The molecule has 9 atom stereocenters. The molecule has 9 unspecified atom stereocenters. The smallest absolute Gasteiger partial charge is 0.303 e. The molecule has 2 amide bonds. The molecule has 0 saturated carbocycles. The van der Waals surface area contributed by atoms with Crippen LogP contribution in [0.4, 0.5) is 0 Å². The maximum Gasteiger partial charge on any atom is 0.303 e. The summed E-state index contributed by atoms with van der Waals surface area (Å²) in [6.07, 6.45) is -0.470. The molecule has 5 aliphatic heterocycles. The third-order valence-electron chi connectivity index (χ3n) is 15.3. The average molecular weight is 879 g/mol. The lowest BCUT2D eigenvalue weighted by Crippen LogP contribution is -2.55. The van der Waals surface area contributed by atoms with Gasteiger partial charge in [0.05, 0.1) is 18.0 Å². The highest BCUT2D eigenvalue weighted by molar-refractivity contribution is 6.10. The van der Waals surface area contributed by atoms with Crippen molar-refractivity contribution in [2.75, 3.05) is 0 Å². The summed E-state index contributed by atoms with van der Waals surface area (Å²) in [7, 11) is 0. The number of carboxylic acids is 5. The van der Waals surface area contributed by atoms with Gasteiger partial charge in [-0.15, -0.1) is 0 Å². The fraction of sp³-hybridized carbons (Fsp3) is 0.644. The van der Waals surface area contributed by atoms with Crippen LogP contribution in [0.15, 0.2) is 49.3 Å². The van der Waals surface area contributed by atoms with E-state index in [1.807, 2.05) is 13.8 Å². The fourth-order valence-electron chi connectivity index (χ4n) is 11.8. The molecule has 0 radical (unpaired) electrons. The number of primary amides is 2. The van der Waals surface area contributed by atoms with Gasteiger partial charge in [-0.25, -0.2) is 0 Å². The first-order chi connectivity index (χ1) is 29.0. The van der Waals surface area contributed by atoms with E-state index < -0.39 is 105 Å². The van der Waals surface area contributed by atoms with Crippen molar-refractivity contribution in [1.82, 2.24) is 5.32 Å². The number of nitrogens with zero attached hydrogens (tertiary/aromatic N) is 3. The highest BCUT2D eigenvalue weighted by Gasteiger charge is 2.66. The van der Waals surface area contributed by atoms with Crippen molar-refractivity contribution in [2.45, 2.75) is 138 Å². The zero-order chi connectivity index (χ0) is 47.4. The van der Waals surface area contributed by atoms with E-state index in [9.17, 15) is 59.1 Å². The Balaban J connectivity index is 2.03. The maximum absolute atomic E-state index is 13.3. The van der Waals surface area contributed by atoms with Gasteiger partial charge in [-0.3, -0.25) is 48.5 Å². The summed E-state index contributed by atoms with van der Waals surface area (Å²) in [6.45, 7) is 14.4. The SMILES string of the molecule is CC1=C2N=C(C=C3N/C(=C(/C)C4=NC(C)(C5N=C1C(C)(CCC(=O)O)C5CC(=O)O)C(C)(CC(N)=O)C4CCC(=O)O)C(C)(CC(N)=O)C3CCC(=O)O)C(C)(C)C2CCC(=O)O. The summed E-state index contributed by atoms with van der Waals surface area (Å²) in [5.41, 5.74) is 9.44. The number of aliphatic carboxylic acids is 5. The van der Waals surface area contributed by atoms with Crippen molar-refractivity contribution in [2.24, 2.45) is 71.8 Å². The first kappa shape index (κ1) is 48.4. The van der Waals surface area contributed by atoms with Gasteiger partial charge in [0.25, 0.3) is 0 Å². The monoisotopic (exact) mass is 878 g/mol. The molecule has 10 N–H and O–H groups in total. The van der Waals surface area contributed by atoms with Crippen molar-refractivity contribution in [3.05, 3.63) is 34.3 Å². The zero-order valence-electron chi connectivity index (χ0n) is 37.3. The fourth-order valence-corrected chi connectivity index (χ4v) is 11.8. The molecule has 0 aliphatic carbocycles. The Morgan fingerprint density at radius 2 is 1.21 bits per heavy atom. The molecule has 63 heavy (non-hydrogen) atoms. The van der Waals surface area contributed by atoms with E-state index in [-0.39, 0.29) is 64.2 Å². The van der Waals surface area contributed by atoms with Crippen LogP contribution < -0.4 is 16.8 Å². The normalized spacial score (nSPS) is 34.2. The van der Waals surface area contributed by atoms with Gasteiger partial charge in [0.15, 0.2) is 0 Å². The number of hydrogen-bond donors (Lipinski definition) is 8. The average Bonchev–Trinajstić information content (AvgIpc) is 3.75. The number of allylic oxidation sites excluding steroid dienone is 6. The Kier molecular flexibility index (Phi) is 13.1. The number of amides is 2. The van der Waals surface area contributed by atoms with Crippen LogP contribution in [0, 0.1) is 45.3 Å². The van der Waals surface area contributed by atoms with E-state index in [1.165, 1.54) is 0 Å². The molecule has 8 bridgehead atoms. The number of hydrogen-bond acceptors (Lipinski definition) is 11. The molecule has 18 heteroatoms. The van der Waals surface area contributed by atoms with E-state index in [2.05, 4.69) is 5.32 Å². The molecule has 18 nitrogen and oxygen atoms in total. The van der Waals surface area contributed by atoms with Crippen molar-refractivity contribution in [3.8, 4) is 0 Å². The second kappa shape index (κ2) is 17.1. The number of aliphatic imine (C=N–C) groups is 3. The van der Waals surface area contributed by atoms with Gasteiger partial charge < -0.3 is 42.3 Å². The van der Waals surface area contributed by atoms with E-state index in [0.29, 0.717) is 45.4 Å². The number of carbonyl (C=O) groups is 7. The van der Waals surface area contributed by atoms with E-state index >= 15 is 0 Å². The van der Waals surface area contributed by atoms with Crippen molar-refractivity contribution in [1.29, 1.82) is 0 Å². The van der Waals surface area contributed by atoms with Gasteiger partial charge in [-0.2, -0.15) is 0 Å². The van der Waals surface area contributed by atoms with E-state index in [0.717, 1.165) is 0 Å². The summed E-state index contributed by atoms with van der Waals surface area (Å²) in [5.74, 6) is -10.0. The van der Waals surface area contributed by atoms with Gasteiger partial charge in [0, 0.05) is 118 Å². The molecule has 344 valence electrons. The van der Waals surface area contributed by atoms with Crippen molar-refractivity contribution in [3.63, 3.8) is 0 Å². The molecule has 5 rings (SSSR count). The van der Waals surface area contributed by atoms with Crippen molar-refractivity contribution >= 4 is 58.8 Å².